The molecule has 0 saturated heterocycles. The number of aryl methyl sites for hydroxylation is 1. The molecule has 0 aliphatic heterocycles. The second-order valence-corrected chi connectivity index (χ2v) is 5.63. The molecule has 118 valence electrons. The first-order chi connectivity index (χ1) is 10.7. The number of hydrogen-bond donors (Lipinski definition) is 2. The van der Waals surface area contributed by atoms with Gasteiger partial charge in [0, 0.05) is 39.1 Å². The Morgan fingerprint density at radius 3 is 2.68 bits per heavy atom. The number of guanidine groups is 1. The van der Waals surface area contributed by atoms with Crippen LogP contribution in [0, 0.1) is 12.8 Å². The second-order valence-electron chi connectivity index (χ2n) is 5.63. The molecule has 5 heteroatoms. The van der Waals surface area contributed by atoms with Crippen molar-refractivity contribution < 1.29 is 0 Å². The van der Waals surface area contributed by atoms with Gasteiger partial charge in [0.1, 0.15) is 0 Å². The molecule has 2 N–H and O–H groups in total. The third-order valence-corrected chi connectivity index (χ3v) is 3.48. The Morgan fingerprint density at radius 1 is 1.27 bits per heavy atom. The van der Waals surface area contributed by atoms with E-state index < -0.39 is 0 Å². The zero-order chi connectivity index (χ0) is 15.8. The van der Waals surface area contributed by atoms with E-state index in [-0.39, 0.29) is 0 Å². The summed E-state index contributed by atoms with van der Waals surface area (Å²) in [7, 11) is 1.79. The summed E-state index contributed by atoms with van der Waals surface area (Å²) < 4.78 is 1.95. The third kappa shape index (κ3) is 5.24. The molecule has 1 aromatic carbocycles. The maximum atomic E-state index is 4.26. The summed E-state index contributed by atoms with van der Waals surface area (Å²) in [6.07, 6.45) is 3.79. The molecule has 0 spiro atoms. The maximum absolute atomic E-state index is 4.26. The van der Waals surface area contributed by atoms with Gasteiger partial charge in [0.15, 0.2) is 5.96 Å². The molecule has 0 aliphatic carbocycles. The smallest absolute Gasteiger partial charge is 0.191 e. The van der Waals surface area contributed by atoms with Gasteiger partial charge < -0.3 is 10.6 Å². The van der Waals surface area contributed by atoms with Crippen molar-refractivity contribution in [1.29, 1.82) is 0 Å². The summed E-state index contributed by atoms with van der Waals surface area (Å²) in [5.74, 6) is 1.30. The molecule has 0 radical (unpaired) electrons. The minimum atomic E-state index is 0.470. The summed E-state index contributed by atoms with van der Waals surface area (Å²) in [4.78, 5) is 4.26. The predicted octanol–water partition coefficient (Wildman–Crippen LogP) is 2.19. The normalized spacial score (nSPS) is 13.0. The topological polar surface area (TPSA) is 54.2 Å². The number of nitrogens with one attached hydrogen (secondary N) is 2. The summed E-state index contributed by atoms with van der Waals surface area (Å²) in [6, 6.07) is 10.5. The Bertz CT molecular complexity index is 572. The number of aromatic nitrogens is 2. The largest absolute Gasteiger partial charge is 0.356 e. The lowest BCUT2D eigenvalue weighted by Crippen LogP contribution is -2.39. The van der Waals surface area contributed by atoms with Gasteiger partial charge in [-0.05, 0) is 24.5 Å². The zero-order valence-corrected chi connectivity index (χ0v) is 13.6. The van der Waals surface area contributed by atoms with Crippen molar-refractivity contribution in [2.24, 2.45) is 10.9 Å². The van der Waals surface area contributed by atoms with Crippen LogP contribution < -0.4 is 10.6 Å². The lowest BCUT2D eigenvalue weighted by Gasteiger charge is -2.16. The lowest BCUT2D eigenvalue weighted by atomic mass is 10.1. The Hall–Kier alpha value is -2.30. The van der Waals surface area contributed by atoms with E-state index >= 15 is 0 Å². The average Bonchev–Trinajstić information content (AvgIpc) is 3.02. The molecule has 0 bridgehead atoms. The number of aliphatic imine (C=N–C) groups is 1. The van der Waals surface area contributed by atoms with E-state index in [1.807, 2.05) is 23.1 Å². The van der Waals surface area contributed by atoms with Crippen molar-refractivity contribution in [3.63, 3.8) is 0 Å². The zero-order valence-electron chi connectivity index (χ0n) is 13.6. The molecule has 0 saturated carbocycles. The molecule has 1 unspecified atom stereocenters. The van der Waals surface area contributed by atoms with Gasteiger partial charge in [0.05, 0.1) is 0 Å². The monoisotopic (exact) mass is 299 g/mol. The van der Waals surface area contributed by atoms with Gasteiger partial charge >= 0.3 is 0 Å². The predicted molar refractivity (Wildman–Crippen MR) is 90.8 cm³/mol. The van der Waals surface area contributed by atoms with Crippen molar-refractivity contribution in [2.45, 2.75) is 26.9 Å². The van der Waals surface area contributed by atoms with E-state index in [4.69, 9.17) is 0 Å². The van der Waals surface area contributed by atoms with E-state index in [0.717, 1.165) is 25.6 Å². The van der Waals surface area contributed by atoms with Crippen molar-refractivity contribution in [3.8, 4) is 0 Å². The van der Waals surface area contributed by atoms with Crippen LogP contribution >= 0.6 is 0 Å². The van der Waals surface area contributed by atoms with E-state index in [0.29, 0.717) is 5.92 Å². The van der Waals surface area contributed by atoms with Crippen LogP contribution in [-0.2, 0) is 13.1 Å². The third-order valence-electron chi connectivity index (χ3n) is 3.48. The van der Waals surface area contributed by atoms with Crippen molar-refractivity contribution in [2.75, 3.05) is 13.6 Å². The fraction of sp³-hybridized carbons (Fsp3) is 0.412. The second kappa shape index (κ2) is 8.22. The van der Waals surface area contributed by atoms with Crippen molar-refractivity contribution in [3.05, 3.63) is 53.9 Å². The fourth-order valence-corrected chi connectivity index (χ4v) is 2.18. The van der Waals surface area contributed by atoms with E-state index in [1.54, 1.807) is 7.05 Å². The number of rotatable bonds is 6. The Balaban J connectivity index is 1.74. The fourth-order valence-electron chi connectivity index (χ4n) is 2.18. The highest BCUT2D eigenvalue weighted by molar-refractivity contribution is 5.79. The SMILES string of the molecule is CN=C(NCc1ccc(C)cc1)NCC(C)Cn1cccn1. The molecule has 22 heavy (non-hydrogen) atoms. The van der Waals surface area contributed by atoms with Crippen LogP contribution in [0.5, 0.6) is 0 Å². The van der Waals surface area contributed by atoms with Crippen molar-refractivity contribution in [1.82, 2.24) is 20.4 Å². The van der Waals surface area contributed by atoms with Gasteiger partial charge in [-0.3, -0.25) is 9.67 Å². The number of nitrogens with zero attached hydrogens (tertiary/aromatic N) is 3. The van der Waals surface area contributed by atoms with Crippen LogP contribution in [0.3, 0.4) is 0 Å². The summed E-state index contributed by atoms with van der Waals surface area (Å²) in [5.41, 5.74) is 2.52. The Morgan fingerprint density at radius 2 is 2.05 bits per heavy atom. The summed E-state index contributed by atoms with van der Waals surface area (Å²) in [5, 5.41) is 10.9. The van der Waals surface area contributed by atoms with Crippen LogP contribution in [0.1, 0.15) is 18.1 Å². The Labute approximate surface area is 132 Å². The number of benzene rings is 1. The van der Waals surface area contributed by atoms with E-state index in [1.165, 1.54) is 11.1 Å². The quantitative estimate of drug-likeness (QED) is 0.635. The molecule has 1 aromatic heterocycles. The highest BCUT2D eigenvalue weighted by Gasteiger charge is 2.05. The average molecular weight is 299 g/mol. The van der Waals surface area contributed by atoms with Crippen LogP contribution in [0.15, 0.2) is 47.7 Å². The molecule has 5 nitrogen and oxygen atoms in total. The molecule has 0 aliphatic rings. The highest BCUT2D eigenvalue weighted by atomic mass is 15.3. The van der Waals surface area contributed by atoms with Crippen LogP contribution in [0.2, 0.25) is 0 Å². The van der Waals surface area contributed by atoms with Gasteiger partial charge in [0.2, 0.25) is 0 Å². The first-order valence-electron chi connectivity index (χ1n) is 7.65. The van der Waals surface area contributed by atoms with Crippen LogP contribution in [-0.4, -0.2) is 29.3 Å². The molecular formula is C17H25N5. The minimum Gasteiger partial charge on any atom is -0.356 e. The summed E-state index contributed by atoms with van der Waals surface area (Å²) >= 11 is 0. The van der Waals surface area contributed by atoms with E-state index in [2.05, 4.69) is 58.8 Å². The minimum absolute atomic E-state index is 0.470. The van der Waals surface area contributed by atoms with Crippen LogP contribution in [0.25, 0.3) is 0 Å². The first-order valence-corrected chi connectivity index (χ1v) is 7.65. The molecule has 2 aromatic rings. The highest BCUT2D eigenvalue weighted by Crippen LogP contribution is 2.02. The van der Waals surface area contributed by atoms with Gasteiger partial charge in [0.25, 0.3) is 0 Å². The number of hydrogen-bond acceptors (Lipinski definition) is 2. The van der Waals surface area contributed by atoms with E-state index in [9.17, 15) is 0 Å². The van der Waals surface area contributed by atoms with Gasteiger partial charge in [-0.1, -0.05) is 36.8 Å². The lowest BCUT2D eigenvalue weighted by molar-refractivity contribution is 0.443. The van der Waals surface area contributed by atoms with Crippen molar-refractivity contribution >= 4 is 5.96 Å². The maximum Gasteiger partial charge on any atom is 0.191 e. The van der Waals surface area contributed by atoms with Crippen LogP contribution in [0.4, 0.5) is 0 Å². The molecule has 1 atom stereocenters. The van der Waals surface area contributed by atoms with Gasteiger partial charge in [-0.2, -0.15) is 5.10 Å². The standard InChI is InChI=1S/C17H25N5/c1-14-5-7-16(8-6-14)12-20-17(18-3)19-11-15(2)13-22-10-4-9-21-22/h4-10,15H,11-13H2,1-3H3,(H2,18,19,20). The summed E-state index contributed by atoms with van der Waals surface area (Å²) in [6.45, 7) is 6.82. The van der Waals surface area contributed by atoms with Gasteiger partial charge in [-0.25, -0.2) is 0 Å². The molecule has 0 fully saturated rings. The first kappa shape index (κ1) is 16.1. The molecule has 2 rings (SSSR count). The molecular weight excluding hydrogens is 274 g/mol. The molecule has 1 heterocycles. The Kier molecular flexibility index (Phi) is 6.01. The molecule has 0 amide bonds. The van der Waals surface area contributed by atoms with Gasteiger partial charge in [-0.15, -0.1) is 0 Å².